The molecule has 1 aromatic rings. The van der Waals surface area contributed by atoms with Gasteiger partial charge in [0.05, 0.1) is 6.61 Å². The Kier molecular flexibility index (Phi) is 5.87. The first-order valence-electron chi connectivity index (χ1n) is 7.33. The molecule has 1 amide bonds. The Balaban J connectivity index is 1.61. The summed E-state index contributed by atoms with van der Waals surface area (Å²) >= 11 is 0. The third-order valence-electron chi connectivity index (χ3n) is 3.95. The Labute approximate surface area is 120 Å². The van der Waals surface area contributed by atoms with Gasteiger partial charge in [0.1, 0.15) is 0 Å². The van der Waals surface area contributed by atoms with E-state index < -0.39 is 0 Å². The quantitative estimate of drug-likeness (QED) is 0.870. The molecule has 20 heavy (non-hydrogen) atoms. The van der Waals surface area contributed by atoms with E-state index in [-0.39, 0.29) is 12.7 Å². The molecule has 4 heteroatoms. The first-order chi connectivity index (χ1) is 9.78. The van der Waals surface area contributed by atoms with Crippen LogP contribution < -0.4 is 5.32 Å². The fraction of sp³-hybridized carbons (Fsp3) is 0.562. The van der Waals surface area contributed by atoms with Crippen molar-refractivity contribution >= 4 is 6.09 Å². The molecular formula is C16H23NO3. The van der Waals surface area contributed by atoms with Gasteiger partial charge in [0.15, 0.2) is 0 Å². The Bertz CT molecular complexity index is 399. The van der Waals surface area contributed by atoms with E-state index in [1.54, 1.807) is 0 Å². The second-order valence-electron chi connectivity index (χ2n) is 5.51. The molecule has 0 heterocycles. The molecule has 4 nitrogen and oxygen atoms in total. The third-order valence-corrected chi connectivity index (χ3v) is 3.95. The second-order valence-corrected chi connectivity index (χ2v) is 5.51. The number of hydrogen-bond acceptors (Lipinski definition) is 3. The molecule has 1 aliphatic rings. The summed E-state index contributed by atoms with van der Waals surface area (Å²) in [5.41, 5.74) is 1.06. The zero-order valence-corrected chi connectivity index (χ0v) is 11.8. The largest absolute Gasteiger partial charge is 0.449 e. The average molecular weight is 277 g/mol. The summed E-state index contributed by atoms with van der Waals surface area (Å²) in [4.78, 5) is 11.6. The van der Waals surface area contributed by atoms with Crippen LogP contribution in [0, 0.1) is 11.8 Å². The van der Waals surface area contributed by atoms with E-state index in [0.717, 1.165) is 31.2 Å². The molecule has 2 rings (SSSR count). The lowest BCUT2D eigenvalue weighted by atomic mass is 9.83. The van der Waals surface area contributed by atoms with Gasteiger partial charge in [0, 0.05) is 13.2 Å². The van der Waals surface area contributed by atoms with Gasteiger partial charge in [-0.3, -0.25) is 0 Å². The van der Waals surface area contributed by atoms with Crippen LogP contribution in [0.5, 0.6) is 0 Å². The molecule has 0 spiro atoms. The molecule has 1 aromatic carbocycles. The summed E-state index contributed by atoms with van der Waals surface area (Å²) < 4.78 is 5.26. The lowest BCUT2D eigenvalue weighted by molar-refractivity contribution is 0.0979. The third kappa shape index (κ3) is 4.85. The van der Waals surface area contributed by atoms with E-state index in [4.69, 9.17) is 9.84 Å². The van der Waals surface area contributed by atoms with Crippen LogP contribution in [0.2, 0.25) is 0 Å². The topological polar surface area (TPSA) is 58.6 Å². The van der Waals surface area contributed by atoms with Gasteiger partial charge in [0.2, 0.25) is 0 Å². The van der Waals surface area contributed by atoms with E-state index in [2.05, 4.69) is 5.32 Å². The van der Waals surface area contributed by atoms with Gasteiger partial charge in [-0.2, -0.15) is 0 Å². The van der Waals surface area contributed by atoms with Crippen LogP contribution in [0.15, 0.2) is 30.3 Å². The summed E-state index contributed by atoms with van der Waals surface area (Å²) in [6.45, 7) is 1.26. The number of rotatable bonds is 5. The summed E-state index contributed by atoms with van der Waals surface area (Å²) in [6, 6.07) is 9.78. The number of carbonyl (C=O) groups is 1. The number of carbonyl (C=O) groups excluding carboxylic acids is 1. The summed E-state index contributed by atoms with van der Waals surface area (Å²) in [5.74, 6) is 0.887. The maximum atomic E-state index is 11.6. The zero-order chi connectivity index (χ0) is 14.2. The summed E-state index contributed by atoms with van der Waals surface area (Å²) in [6.07, 6.45) is 3.80. The highest BCUT2D eigenvalue weighted by Gasteiger charge is 2.21. The van der Waals surface area contributed by atoms with E-state index in [0.29, 0.717) is 25.0 Å². The monoisotopic (exact) mass is 277 g/mol. The van der Waals surface area contributed by atoms with Crippen LogP contribution in [0.4, 0.5) is 4.79 Å². The van der Waals surface area contributed by atoms with Crippen molar-refractivity contribution in [3.05, 3.63) is 35.9 Å². The number of aliphatic hydroxyl groups excluding tert-OH is 1. The van der Waals surface area contributed by atoms with Gasteiger partial charge in [-0.25, -0.2) is 4.79 Å². The fourth-order valence-corrected chi connectivity index (χ4v) is 2.60. The first kappa shape index (κ1) is 14.9. The molecule has 1 fully saturated rings. The average Bonchev–Trinajstić information content (AvgIpc) is 2.52. The Morgan fingerprint density at radius 2 is 1.80 bits per heavy atom. The van der Waals surface area contributed by atoms with E-state index in [1.807, 2.05) is 30.3 Å². The van der Waals surface area contributed by atoms with Gasteiger partial charge >= 0.3 is 6.09 Å². The Morgan fingerprint density at radius 1 is 1.15 bits per heavy atom. The number of ether oxygens (including phenoxy) is 1. The highest BCUT2D eigenvalue weighted by Crippen LogP contribution is 2.28. The maximum absolute atomic E-state index is 11.6. The van der Waals surface area contributed by atoms with Gasteiger partial charge in [-0.05, 0) is 43.1 Å². The van der Waals surface area contributed by atoms with Crippen LogP contribution in [-0.2, 0) is 11.3 Å². The van der Waals surface area contributed by atoms with E-state index in [9.17, 15) is 4.79 Å². The molecule has 0 atom stereocenters. The molecule has 1 saturated carbocycles. The first-order valence-corrected chi connectivity index (χ1v) is 7.33. The lowest BCUT2D eigenvalue weighted by Crippen LogP contribution is -2.27. The molecule has 0 radical (unpaired) electrons. The van der Waals surface area contributed by atoms with Gasteiger partial charge < -0.3 is 15.2 Å². The summed E-state index contributed by atoms with van der Waals surface area (Å²) in [5, 5.41) is 11.8. The van der Waals surface area contributed by atoms with Crippen molar-refractivity contribution in [3.63, 3.8) is 0 Å². The summed E-state index contributed by atoms with van der Waals surface area (Å²) in [7, 11) is 0. The zero-order valence-electron chi connectivity index (χ0n) is 11.8. The molecule has 0 saturated heterocycles. The second kappa shape index (κ2) is 7.90. The van der Waals surface area contributed by atoms with Crippen LogP contribution in [0.3, 0.4) is 0 Å². The van der Waals surface area contributed by atoms with Crippen molar-refractivity contribution in [2.75, 3.05) is 13.2 Å². The van der Waals surface area contributed by atoms with Crippen molar-refractivity contribution in [1.82, 2.24) is 5.32 Å². The highest BCUT2D eigenvalue weighted by atomic mass is 16.5. The molecule has 1 aliphatic carbocycles. The minimum Gasteiger partial charge on any atom is -0.449 e. The molecule has 110 valence electrons. The molecule has 0 aliphatic heterocycles. The van der Waals surface area contributed by atoms with Crippen LogP contribution >= 0.6 is 0 Å². The lowest BCUT2D eigenvalue weighted by Gasteiger charge is -2.26. The van der Waals surface area contributed by atoms with Crippen LogP contribution in [0.25, 0.3) is 0 Å². The van der Waals surface area contributed by atoms with Crippen LogP contribution in [0.1, 0.15) is 31.2 Å². The van der Waals surface area contributed by atoms with Gasteiger partial charge in [-0.1, -0.05) is 30.3 Å². The maximum Gasteiger partial charge on any atom is 0.407 e. The van der Waals surface area contributed by atoms with E-state index >= 15 is 0 Å². The van der Waals surface area contributed by atoms with Crippen molar-refractivity contribution < 1.29 is 14.6 Å². The van der Waals surface area contributed by atoms with Crippen molar-refractivity contribution in [2.45, 2.75) is 32.2 Å². The number of aliphatic hydroxyl groups is 1. The van der Waals surface area contributed by atoms with Crippen molar-refractivity contribution in [1.29, 1.82) is 0 Å². The molecule has 0 bridgehead atoms. The SMILES string of the molecule is O=C(NCc1ccccc1)OCC1CCC(CO)CC1. The van der Waals surface area contributed by atoms with Crippen molar-refractivity contribution in [2.24, 2.45) is 11.8 Å². The molecule has 0 unspecified atom stereocenters. The highest BCUT2D eigenvalue weighted by molar-refractivity contribution is 5.67. The minimum atomic E-state index is -0.349. The number of alkyl carbamates (subject to hydrolysis) is 1. The molecule has 2 N–H and O–H groups in total. The number of benzene rings is 1. The predicted octanol–water partition coefficient (Wildman–Crippen LogP) is 2.71. The minimum absolute atomic E-state index is 0.283. The Hall–Kier alpha value is -1.55. The van der Waals surface area contributed by atoms with E-state index in [1.165, 1.54) is 0 Å². The van der Waals surface area contributed by atoms with Crippen LogP contribution in [-0.4, -0.2) is 24.4 Å². The number of nitrogens with one attached hydrogen (secondary N) is 1. The van der Waals surface area contributed by atoms with Crippen molar-refractivity contribution in [3.8, 4) is 0 Å². The van der Waals surface area contributed by atoms with Gasteiger partial charge in [0.25, 0.3) is 0 Å². The number of hydrogen-bond donors (Lipinski definition) is 2. The Morgan fingerprint density at radius 3 is 2.45 bits per heavy atom. The predicted molar refractivity (Wildman–Crippen MR) is 77.2 cm³/mol. The molecular weight excluding hydrogens is 254 g/mol. The smallest absolute Gasteiger partial charge is 0.407 e. The van der Waals surface area contributed by atoms with Gasteiger partial charge in [-0.15, -0.1) is 0 Å². The number of amides is 1. The standard InChI is InChI=1S/C16H23NO3/c18-11-14-6-8-15(9-7-14)12-20-16(19)17-10-13-4-2-1-3-5-13/h1-5,14-15,18H,6-12H2,(H,17,19). The normalized spacial score (nSPS) is 22.2. The molecule has 0 aromatic heterocycles. The fourth-order valence-electron chi connectivity index (χ4n) is 2.60.